The van der Waals surface area contributed by atoms with Crippen molar-refractivity contribution < 1.29 is 13.2 Å². The first-order valence-electron chi connectivity index (χ1n) is 4.93. The van der Waals surface area contributed by atoms with E-state index in [-0.39, 0.29) is 11.5 Å². The Bertz CT molecular complexity index is 316. The molecule has 14 heavy (non-hydrogen) atoms. The molecule has 1 rings (SSSR count). The Balaban J connectivity index is 2.65. The zero-order valence-corrected chi connectivity index (χ0v) is 9.05. The van der Waals surface area contributed by atoms with Crippen molar-refractivity contribution in [1.29, 1.82) is 0 Å². The predicted molar refractivity (Wildman–Crippen MR) is 55.9 cm³/mol. The maximum Gasteiger partial charge on any atom is 0.160 e. The Morgan fingerprint density at radius 1 is 1.43 bits per heavy atom. The lowest BCUT2D eigenvalue weighted by atomic mass is 10.1. The van der Waals surface area contributed by atoms with Crippen molar-refractivity contribution in [2.24, 2.45) is 0 Å². The summed E-state index contributed by atoms with van der Waals surface area (Å²) < 4.78 is 23.1. The first-order chi connectivity index (χ1) is 6.58. The third kappa shape index (κ3) is 2.67. The average Bonchev–Trinajstić information content (AvgIpc) is 2.13. The van der Waals surface area contributed by atoms with Gasteiger partial charge in [0, 0.05) is 6.42 Å². The minimum atomic E-state index is -3.14. The topological polar surface area (TPSA) is 51.2 Å². The van der Waals surface area contributed by atoms with Gasteiger partial charge in [-0.05, 0) is 19.3 Å². The smallest absolute Gasteiger partial charge is 0.160 e. The summed E-state index contributed by atoms with van der Waals surface area (Å²) in [6, 6.07) is 0. The molecule has 1 saturated heterocycles. The molecule has 1 heterocycles. The van der Waals surface area contributed by atoms with Crippen molar-refractivity contribution in [3.8, 4) is 0 Å². The molecule has 1 atom stereocenters. The first kappa shape index (κ1) is 11.4. The van der Waals surface area contributed by atoms with Crippen LogP contribution in [0.4, 0.5) is 0 Å². The number of hydrogen-bond donors (Lipinski definition) is 0. The fourth-order valence-electron chi connectivity index (χ4n) is 1.72. The molecule has 0 spiro atoms. The molecule has 0 aliphatic carbocycles. The van der Waals surface area contributed by atoms with E-state index in [2.05, 4.69) is 6.58 Å². The molecule has 0 aromatic rings. The lowest BCUT2D eigenvalue weighted by molar-refractivity contribution is -0.118. The van der Waals surface area contributed by atoms with E-state index in [0.29, 0.717) is 25.7 Å². The number of carbonyl (C=O) groups excluding carboxylic acids is 1. The van der Waals surface area contributed by atoms with Crippen LogP contribution in [-0.4, -0.2) is 25.2 Å². The Morgan fingerprint density at radius 2 is 2.14 bits per heavy atom. The highest BCUT2D eigenvalue weighted by atomic mass is 32.2. The number of sulfone groups is 1. The maximum absolute atomic E-state index is 11.5. The van der Waals surface area contributed by atoms with Crippen LogP contribution in [0.15, 0.2) is 12.7 Å². The number of carbonyl (C=O) groups is 1. The van der Waals surface area contributed by atoms with Crippen molar-refractivity contribution in [3.63, 3.8) is 0 Å². The summed E-state index contributed by atoms with van der Waals surface area (Å²) in [4.78, 5) is 11.5. The number of hydrogen-bond acceptors (Lipinski definition) is 3. The van der Waals surface area contributed by atoms with Crippen LogP contribution < -0.4 is 0 Å². The quantitative estimate of drug-likeness (QED) is 0.669. The maximum atomic E-state index is 11.5. The van der Waals surface area contributed by atoms with Gasteiger partial charge in [0.2, 0.25) is 0 Å². The number of rotatable bonds is 4. The average molecular weight is 216 g/mol. The van der Waals surface area contributed by atoms with E-state index in [0.717, 1.165) is 6.42 Å². The Labute approximate surface area is 85.1 Å². The highest BCUT2D eigenvalue weighted by Crippen LogP contribution is 2.21. The van der Waals surface area contributed by atoms with Crippen LogP contribution in [0.1, 0.15) is 32.1 Å². The Kier molecular flexibility index (Phi) is 3.86. The molecule has 1 fully saturated rings. The van der Waals surface area contributed by atoms with E-state index in [9.17, 15) is 13.2 Å². The van der Waals surface area contributed by atoms with Gasteiger partial charge in [0.05, 0.1) is 5.75 Å². The number of allylic oxidation sites excluding steroid dienone is 1. The summed E-state index contributed by atoms with van der Waals surface area (Å²) in [5.74, 6) is 0.0434. The van der Waals surface area contributed by atoms with Crippen molar-refractivity contribution >= 4 is 15.6 Å². The van der Waals surface area contributed by atoms with Crippen LogP contribution in [0.2, 0.25) is 0 Å². The molecule has 0 radical (unpaired) electrons. The van der Waals surface area contributed by atoms with E-state index in [1.807, 2.05) is 0 Å². The molecule has 0 N–H and O–H groups in total. The van der Waals surface area contributed by atoms with Crippen LogP contribution in [-0.2, 0) is 14.6 Å². The summed E-state index contributed by atoms with van der Waals surface area (Å²) in [5.41, 5.74) is 0. The molecule has 4 heteroatoms. The molecule has 0 aromatic heterocycles. The molecule has 3 nitrogen and oxygen atoms in total. The first-order valence-corrected chi connectivity index (χ1v) is 6.64. The second-order valence-electron chi connectivity index (χ2n) is 3.65. The second kappa shape index (κ2) is 4.73. The van der Waals surface area contributed by atoms with E-state index in [4.69, 9.17) is 0 Å². The monoisotopic (exact) mass is 216 g/mol. The molecule has 0 aromatic carbocycles. The molecular formula is C10H16O3S. The van der Waals surface area contributed by atoms with Gasteiger partial charge in [-0.25, -0.2) is 8.42 Å². The largest absolute Gasteiger partial charge is 0.298 e. The molecule has 0 amide bonds. The van der Waals surface area contributed by atoms with Crippen LogP contribution in [0.5, 0.6) is 0 Å². The highest BCUT2D eigenvalue weighted by Gasteiger charge is 2.33. The Hall–Kier alpha value is -0.640. The lowest BCUT2D eigenvalue weighted by Crippen LogP contribution is -2.35. The second-order valence-corrected chi connectivity index (χ2v) is 5.95. The van der Waals surface area contributed by atoms with Crippen LogP contribution in [0, 0.1) is 0 Å². The molecule has 0 bridgehead atoms. The molecule has 1 aliphatic heterocycles. The van der Waals surface area contributed by atoms with Gasteiger partial charge >= 0.3 is 0 Å². The predicted octanol–water partition coefficient (Wildman–Crippen LogP) is 1.49. The number of ketones is 1. The molecule has 1 aliphatic rings. The molecule has 80 valence electrons. The van der Waals surface area contributed by atoms with Crippen molar-refractivity contribution in [2.75, 3.05) is 5.75 Å². The van der Waals surface area contributed by atoms with E-state index in [1.165, 1.54) is 0 Å². The standard InChI is InChI=1S/C10H16O3S/c1-2-3-6-9(11)10-7-4-5-8-14(10,12)13/h2,10H,1,3-8H2. The minimum Gasteiger partial charge on any atom is -0.298 e. The van der Waals surface area contributed by atoms with Crippen molar-refractivity contribution in [3.05, 3.63) is 12.7 Å². The van der Waals surface area contributed by atoms with Gasteiger partial charge in [-0.1, -0.05) is 12.5 Å². The van der Waals surface area contributed by atoms with Crippen LogP contribution in [0.3, 0.4) is 0 Å². The van der Waals surface area contributed by atoms with Gasteiger partial charge in [-0.2, -0.15) is 0 Å². The fraction of sp³-hybridized carbons (Fsp3) is 0.700. The zero-order valence-electron chi connectivity index (χ0n) is 8.24. The normalized spacial score (nSPS) is 25.6. The van der Waals surface area contributed by atoms with Crippen molar-refractivity contribution in [2.45, 2.75) is 37.4 Å². The summed E-state index contributed by atoms with van der Waals surface area (Å²) in [5, 5.41) is -0.726. The number of Topliss-reactive ketones (excluding diaryl/α,β-unsaturated/α-hetero) is 1. The SMILES string of the molecule is C=CCCC(=O)C1CCCCS1(=O)=O. The van der Waals surface area contributed by atoms with Gasteiger partial charge in [0.15, 0.2) is 15.6 Å². The molecular weight excluding hydrogens is 200 g/mol. The van der Waals surface area contributed by atoms with Crippen molar-refractivity contribution in [1.82, 2.24) is 0 Å². The zero-order chi connectivity index (χ0) is 10.6. The van der Waals surface area contributed by atoms with E-state index < -0.39 is 15.1 Å². The lowest BCUT2D eigenvalue weighted by Gasteiger charge is -2.20. The molecule has 0 saturated carbocycles. The fourth-order valence-corrected chi connectivity index (χ4v) is 3.66. The van der Waals surface area contributed by atoms with Gasteiger partial charge in [-0.15, -0.1) is 6.58 Å². The Morgan fingerprint density at radius 3 is 2.71 bits per heavy atom. The molecule has 1 unspecified atom stereocenters. The summed E-state index contributed by atoms with van der Waals surface area (Å²) in [6.45, 7) is 3.51. The third-order valence-corrected chi connectivity index (χ3v) is 4.76. The highest BCUT2D eigenvalue weighted by molar-refractivity contribution is 7.92. The van der Waals surface area contributed by atoms with Crippen LogP contribution in [0.25, 0.3) is 0 Å². The van der Waals surface area contributed by atoms with E-state index in [1.54, 1.807) is 6.08 Å². The summed E-state index contributed by atoms with van der Waals surface area (Å²) in [7, 11) is -3.14. The summed E-state index contributed by atoms with van der Waals surface area (Å²) in [6.07, 6.45) is 4.60. The van der Waals surface area contributed by atoms with Gasteiger partial charge in [0.25, 0.3) is 0 Å². The van der Waals surface area contributed by atoms with Crippen LogP contribution >= 0.6 is 0 Å². The summed E-state index contributed by atoms with van der Waals surface area (Å²) >= 11 is 0. The third-order valence-electron chi connectivity index (χ3n) is 2.53. The van der Waals surface area contributed by atoms with E-state index >= 15 is 0 Å². The van der Waals surface area contributed by atoms with Gasteiger partial charge in [-0.3, -0.25) is 4.79 Å². The van der Waals surface area contributed by atoms with Gasteiger partial charge in [0.1, 0.15) is 5.25 Å². The van der Waals surface area contributed by atoms with Gasteiger partial charge < -0.3 is 0 Å². The minimum absolute atomic E-state index is 0.135.